The lowest BCUT2D eigenvalue weighted by molar-refractivity contribution is -0.401. The first-order chi connectivity index (χ1) is 13.9. The van der Waals surface area contributed by atoms with Crippen LogP contribution in [0.2, 0.25) is 0 Å². The van der Waals surface area contributed by atoms with Gasteiger partial charge in [0.2, 0.25) is 0 Å². The van der Waals surface area contributed by atoms with Gasteiger partial charge < -0.3 is 29.2 Å². The summed E-state index contributed by atoms with van der Waals surface area (Å²) in [5.41, 5.74) is 2.83. The van der Waals surface area contributed by atoms with Crippen molar-refractivity contribution < 1.29 is 29.2 Å². The summed E-state index contributed by atoms with van der Waals surface area (Å²) in [6.07, 6.45) is -3.46. The maximum Gasteiger partial charge on any atom is 0.185 e. The van der Waals surface area contributed by atoms with Crippen molar-refractivity contribution in [1.29, 1.82) is 0 Å². The number of hydrogen-bond acceptors (Lipinski definition) is 6. The zero-order valence-corrected chi connectivity index (χ0v) is 16.9. The van der Waals surface area contributed by atoms with E-state index in [0.717, 1.165) is 22.3 Å². The van der Waals surface area contributed by atoms with E-state index >= 15 is 0 Å². The van der Waals surface area contributed by atoms with E-state index < -0.39 is 43.1 Å². The van der Waals surface area contributed by atoms with Crippen LogP contribution in [-0.2, 0) is 18.9 Å². The molecular formula is C23H28O6. The summed E-state index contributed by atoms with van der Waals surface area (Å²) in [4.78, 5) is 0. The van der Waals surface area contributed by atoms with Gasteiger partial charge in [-0.2, -0.15) is 0 Å². The van der Waals surface area contributed by atoms with E-state index in [9.17, 15) is 10.2 Å². The van der Waals surface area contributed by atoms with Gasteiger partial charge in [0, 0.05) is 11.1 Å². The largest absolute Gasteiger partial charge is 0.394 e. The zero-order chi connectivity index (χ0) is 20.6. The summed E-state index contributed by atoms with van der Waals surface area (Å²) in [5.74, 6) is 0. The fraction of sp³-hybridized carbons (Fsp3) is 0.478. The molecular weight excluding hydrogens is 372 g/mol. The average molecular weight is 400 g/mol. The third kappa shape index (κ3) is 3.97. The summed E-state index contributed by atoms with van der Waals surface area (Å²) in [5, 5.41) is 20.3. The van der Waals surface area contributed by atoms with Gasteiger partial charge in [0.05, 0.1) is 13.2 Å². The molecule has 2 N–H and O–H groups in total. The molecule has 0 aromatic heterocycles. The normalized spacial score (nSPS) is 33.1. The second-order valence-electron chi connectivity index (χ2n) is 8.05. The van der Waals surface area contributed by atoms with Crippen molar-refractivity contribution in [3.8, 4) is 0 Å². The van der Waals surface area contributed by atoms with Crippen molar-refractivity contribution >= 4 is 0 Å². The van der Waals surface area contributed by atoms with Crippen LogP contribution in [-0.4, -0.2) is 47.3 Å². The number of aliphatic hydroxyl groups excluding tert-OH is 2. The fourth-order valence-corrected chi connectivity index (χ4v) is 3.85. The highest BCUT2D eigenvalue weighted by atomic mass is 16.8. The summed E-state index contributed by atoms with van der Waals surface area (Å²) in [6.45, 7) is 5.64. The lowest BCUT2D eigenvalue weighted by Gasteiger charge is -2.52. The number of aliphatic hydroxyl groups is 2. The molecule has 4 rings (SSSR count). The number of ether oxygens (including phenoxy) is 4. The second kappa shape index (κ2) is 8.14. The molecule has 0 bridgehead atoms. The van der Waals surface area contributed by atoms with E-state index in [2.05, 4.69) is 0 Å². The quantitative estimate of drug-likeness (QED) is 0.822. The Morgan fingerprint density at radius 2 is 1.48 bits per heavy atom. The van der Waals surface area contributed by atoms with Gasteiger partial charge in [-0.1, -0.05) is 59.7 Å². The molecule has 2 aliphatic rings. The van der Waals surface area contributed by atoms with Crippen molar-refractivity contribution in [2.45, 2.75) is 57.3 Å². The molecule has 0 amide bonds. The van der Waals surface area contributed by atoms with E-state index in [1.807, 2.05) is 62.4 Å². The molecule has 6 atom stereocenters. The van der Waals surface area contributed by atoms with Crippen LogP contribution < -0.4 is 0 Å². The third-order valence-electron chi connectivity index (χ3n) is 5.78. The fourth-order valence-electron chi connectivity index (χ4n) is 3.85. The first-order valence-corrected chi connectivity index (χ1v) is 9.93. The molecule has 0 spiro atoms. The van der Waals surface area contributed by atoms with Crippen LogP contribution in [0.4, 0.5) is 0 Å². The molecule has 6 heteroatoms. The second-order valence-corrected chi connectivity index (χ2v) is 8.05. The Balaban J connectivity index is 1.61. The van der Waals surface area contributed by atoms with Crippen molar-refractivity contribution in [2.75, 3.05) is 13.2 Å². The molecule has 156 valence electrons. The molecule has 6 nitrogen and oxygen atoms in total. The van der Waals surface area contributed by atoms with Crippen LogP contribution in [0, 0.1) is 13.8 Å². The zero-order valence-electron chi connectivity index (χ0n) is 16.9. The summed E-state index contributed by atoms with van der Waals surface area (Å²) >= 11 is 0. The first-order valence-electron chi connectivity index (χ1n) is 9.93. The molecule has 2 saturated heterocycles. The number of benzene rings is 2. The molecule has 0 aliphatic carbocycles. The average Bonchev–Trinajstić information content (AvgIpc) is 2.74. The SMILES string of the molecule is Cc1ccc(C2OC[C@@H]3OC(c4ccc(C)cc4)O[C@](C)([C@H](O)CO)[C@@H]3O2)cc1. The monoisotopic (exact) mass is 400 g/mol. The van der Waals surface area contributed by atoms with E-state index in [1.165, 1.54) is 0 Å². The molecule has 0 radical (unpaired) electrons. The summed E-state index contributed by atoms with van der Waals surface area (Å²) in [7, 11) is 0. The Morgan fingerprint density at radius 3 is 2.03 bits per heavy atom. The lowest BCUT2D eigenvalue weighted by atomic mass is 9.86. The Morgan fingerprint density at radius 1 is 0.931 bits per heavy atom. The van der Waals surface area contributed by atoms with E-state index in [1.54, 1.807) is 6.92 Å². The highest BCUT2D eigenvalue weighted by molar-refractivity contribution is 5.24. The minimum absolute atomic E-state index is 0.294. The van der Waals surface area contributed by atoms with Gasteiger partial charge >= 0.3 is 0 Å². The van der Waals surface area contributed by atoms with E-state index in [4.69, 9.17) is 18.9 Å². The molecule has 2 aromatic carbocycles. The van der Waals surface area contributed by atoms with Crippen molar-refractivity contribution in [2.24, 2.45) is 0 Å². The van der Waals surface area contributed by atoms with Gasteiger partial charge in [0.1, 0.15) is 23.9 Å². The van der Waals surface area contributed by atoms with Gasteiger partial charge in [-0.15, -0.1) is 0 Å². The summed E-state index contributed by atoms with van der Waals surface area (Å²) < 4.78 is 24.5. The lowest BCUT2D eigenvalue weighted by Crippen LogP contribution is -2.65. The predicted octanol–water partition coefficient (Wildman–Crippen LogP) is 2.94. The van der Waals surface area contributed by atoms with Crippen LogP contribution in [0.3, 0.4) is 0 Å². The van der Waals surface area contributed by atoms with Crippen LogP contribution in [0.5, 0.6) is 0 Å². The first kappa shape index (κ1) is 20.5. The molecule has 2 fully saturated rings. The van der Waals surface area contributed by atoms with Gasteiger partial charge in [-0.3, -0.25) is 0 Å². The number of fused-ring (bicyclic) bond motifs is 1. The van der Waals surface area contributed by atoms with Crippen LogP contribution in [0.25, 0.3) is 0 Å². The summed E-state index contributed by atoms with van der Waals surface area (Å²) in [6, 6.07) is 15.7. The van der Waals surface area contributed by atoms with E-state index in [-0.39, 0.29) is 0 Å². The Hall–Kier alpha value is -1.80. The highest BCUT2D eigenvalue weighted by Gasteiger charge is 2.55. The minimum atomic E-state index is -1.17. The smallest absolute Gasteiger partial charge is 0.185 e. The van der Waals surface area contributed by atoms with Gasteiger partial charge in [0.15, 0.2) is 12.6 Å². The topological polar surface area (TPSA) is 77.4 Å². The predicted molar refractivity (Wildman–Crippen MR) is 106 cm³/mol. The van der Waals surface area contributed by atoms with Crippen molar-refractivity contribution in [1.82, 2.24) is 0 Å². The van der Waals surface area contributed by atoms with Crippen LogP contribution >= 0.6 is 0 Å². The Bertz CT molecular complexity index is 820. The molecule has 0 saturated carbocycles. The van der Waals surface area contributed by atoms with Crippen LogP contribution in [0.1, 0.15) is 41.8 Å². The maximum atomic E-state index is 10.6. The Kier molecular flexibility index (Phi) is 5.75. The van der Waals surface area contributed by atoms with Crippen LogP contribution in [0.15, 0.2) is 48.5 Å². The van der Waals surface area contributed by atoms with Crippen molar-refractivity contribution in [3.05, 3.63) is 70.8 Å². The number of rotatable bonds is 4. The van der Waals surface area contributed by atoms with Gasteiger partial charge in [-0.05, 0) is 20.8 Å². The molecule has 2 aromatic rings. The number of hydrogen-bond donors (Lipinski definition) is 2. The molecule has 2 unspecified atom stereocenters. The Labute approximate surface area is 171 Å². The minimum Gasteiger partial charge on any atom is -0.394 e. The molecule has 29 heavy (non-hydrogen) atoms. The highest BCUT2D eigenvalue weighted by Crippen LogP contribution is 2.44. The van der Waals surface area contributed by atoms with Crippen molar-refractivity contribution in [3.63, 3.8) is 0 Å². The number of aryl methyl sites for hydroxylation is 2. The van der Waals surface area contributed by atoms with Gasteiger partial charge in [-0.25, -0.2) is 0 Å². The molecule has 2 heterocycles. The third-order valence-corrected chi connectivity index (χ3v) is 5.78. The molecule has 2 aliphatic heterocycles. The van der Waals surface area contributed by atoms with E-state index in [0.29, 0.717) is 6.61 Å². The standard InChI is InChI=1S/C23H28O6/c1-14-4-8-16(9-5-14)21-26-13-18-20(28-21)23(3,19(25)12-24)29-22(27-18)17-10-6-15(2)7-11-17/h4-11,18-22,24-25H,12-13H2,1-3H3/t18-,19+,20+,21?,22?,23+/m0/s1. The maximum absolute atomic E-state index is 10.6. The van der Waals surface area contributed by atoms with Gasteiger partial charge in [0.25, 0.3) is 0 Å².